The molecule has 0 saturated carbocycles. The maximum atomic E-state index is 12.7. The van der Waals surface area contributed by atoms with E-state index in [1.54, 1.807) is 6.92 Å². The number of carbonyl (C=O) groups is 1. The molecule has 1 aromatic carbocycles. The molecule has 0 saturated heterocycles. The van der Waals surface area contributed by atoms with E-state index in [1.807, 2.05) is 31.2 Å². The number of anilines is 1. The first-order valence-electron chi connectivity index (χ1n) is 8.57. The van der Waals surface area contributed by atoms with E-state index in [0.717, 1.165) is 54.6 Å². The van der Waals surface area contributed by atoms with Gasteiger partial charge in [-0.15, -0.1) is 0 Å². The first kappa shape index (κ1) is 16.4. The number of carbonyl (C=O) groups excluding carboxylic acids is 1. The monoisotopic (exact) mass is 325 g/mol. The molecule has 3 rings (SSSR count). The number of amides is 1. The van der Waals surface area contributed by atoms with Crippen molar-refractivity contribution in [1.82, 2.24) is 9.55 Å². The van der Waals surface area contributed by atoms with Crippen molar-refractivity contribution >= 4 is 11.6 Å². The van der Waals surface area contributed by atoms with Crippen molar-refractivity contribution in [3.63, 3.8) is 0 Å². The summed E-state index contributed by atoms with van der Waals surface area (Å²) in [5.74, 6) is 0.415. The Bertz CT molecular complexity index is 824. The lowest BCUT2D eigenvalue weighted by atomic mass is 9.97. The molecule has 2 aromatic rings. The second-order valence-corrected chi connectivity index (χ2v) is 6.24. The van der Waals surface area contributed by atoms with Crippen LogP contribution in [-0.2, 0) is 30.6 Å². The molecule has 1 amide bonds. The lowest BCUT2D eigenvalue weighted by molar-refractivity contribution is -0.116. The fraction of sp³-hybridized carbons (Fsp3) is 0.421. The van der Waals surface area contributed by atoms with Gasteiger partial charge in [0.1, 0.15) is 12.4 Å². The molecule has 0 aliphatic heterocycles. The van der Waals surface area contributed by atoms with Crippen LogP contribution in [0.3, 0.4) is 0 Å². The summed E-state index contributed by atoms with van der Waals surface area (Å²) in [5, 5.41) is 2.92. The lowest BCUT2D eigenvalue weighted by Crippen LogP contribution is -2.34. The SMILES string of the molecule is CCc1ccccc1NC(=O)Cn1c(C)nc2c(c1=O)CCCC2. The van der Waals surface area contributed by atoms with Crippen molar-refractivity contribution in [1.29, 1.82) is 0 Å². The summed E-state index contributed by atoms with van der Waals surface area (Å²) >= 11 is 0. The Morgan fingerprint density at radius 2 is 2.00 bits per heavy atom. The molecule has 0 fully saturated rings. The maximum absolute atomic E-state index is 12.7. The Morgan fingerprint density at radius 1 is 1.25 bits per heavy atom. The summed E-state index contributed by atoms with van der Waals surface area (Å²) in [4.78, 5) is 29.7. The number of aromatic nitrogens is 2. The Balaban J connectivity index is 1.83. The Kier molecular flexibility index (Phi) is 4.79. The number of para-hydroxylation sites is 1. The molecule has 1 N–H and O–H groups in total. The Morgan fingerprint density at radius 3 is 2.79 bits per heavy atom. The molecule has 0 bridgehead atoms. The van der Waals surface area contributed by atoms with Crippen LogP contribution in [0.5, 0.6) is 0 Å². The van der Waals surface area contributed by atoms with Gasteiger partial charge in [-0.05, 0) is 50.7 Å². The number of nitrogens with zero attached hydrogens (tertiary/aromatic N) is 2. The van der Waals surface area contributed by atoms with Gasteiger partial charge in [-0.1, -0.05) is 25.1 Å². The number of nitrogens with one attached hydrogen (secondary N) is 1. The van der Waals surface area contributed by atoms with Crippen molar-refractivity contribution in [2.75, 3.05) is 5.32 Å². The van der Waals surface area contributed by atoms with E-state index in [0.29, 0.717) is 5.82 Å². The number of fused-ring (bicyclic) bond motifs is 1. The average Bonchev–Trinajstić information content (AvgIpc) is 2.59. The van der Waals surface area contributed by atoms with Gasteiger partial charge in [-0.2, -0.15) is 0 Å². The number of rotatable bonds is 4. The van der Waals surface area contributed by atoms with Gasteiger partial charge in [0, 0.05) is 11.3 Å². The first-order valence-corrected chi connectivity index (χ1v) is 8.57. The van der Waals surface area contributed by atoms with Crippen LogP contribution >= 0.6 is 0 Å². The second-order valence-electron chi connectivity index (χ2n) is 6.24. The third-order valence-electron chi connectivity index (χ3n) is 4.60. The molecular weight excluding hydrogens is 302 g/mol. The Hall–Kier alpha value is -2.43. The predicted octanol–water partition coefficient (Wildman–Crippen LogP) is 2.63. The van der Waals surface area contributed by atoms with Crippen LogP contribution in [0.1, 0.15) is 42.4 Å². The van der Waals surface area contributed by atoms with Gasteiger partial charge in [0.25, 0.3) is 5.56 Å². The van der Waals surface area contributed by atoms with Crippen molar-refractivity contribution < 1.29 is 4.79 Å². The lowest BCUT2D eigenvalue weighted by Gasteiger charge is -2.18. The summed E-state index contributed by atoms with van der Waals surface area (Å²) in [6.45, 7) is 3.85. The molecule has 1 aromatic heterocycles. The third kappa shape index (κ3) is 3.25. The minimum atomic E-state index is -0.196. The standard InChI is InChI=1S/C19H23N3O2/c1-3-14-8-4-6-10-16(14)21-18(23)12-22-13(2)20-17-11-7-5-9-15(17)19(22)24/h4,6,8,10H,3,5,7,9,11-12H2,1-2H3,(H,21,23). The van der Waals surface area contributed by atoms with Crippen LogP contribution in [0.15, 0.2) is 29.1 Å². The molecule has 1 heterocycles. The quantitative estimate of drug-likeness (QED) is 0.940. The Labute approximate surface area is 141 Å². The zero-order valence-electron chi connectivity index (χ0n) is 14.3. The van der Waals surface area contributed by atoms with Gasteiger partial charge in [0.2, 0.25) is 5.91 Å². The van der Waals surface area contributed by atoms with Gasteiger partial charge in [-0.25, -0.2) is 4.98 Å². The van der Waals surface area contributed by atoms with E-state index in [4.69, 9.17) is 0 Å². The molecule has 0 spiro atoms. The van der Waals surface area contributed by atoms with Gasteiger partial charge >= 0.3 is 0 Å². The highest BCUT2D eigenvalue weighted by Crippen LogP contribution is 2.17. The van der Waals surface area contributed by atoms with Crippen LogP contribution in [0.2, 0.25) is 0 Å². The van der Waals surface area contributed by atoms with Crippen molar-refractivity contribution in [3.05, 3.63) is 57.3 Å². The van der Waals surface area contributed by atoms with E-state index < -0.39 is 0 Å². The maximum Gasteiger partial charge on any atom is 0.257 e. The second kappa shape index (κ2) is 6.99. The molecule has 126 valence electrons. The molecule has 5 heteroatoms. The van der Waals surface area contributed by atoms with E-state index in [-0.39, 0.29) is 18.0 Å². The third-order valence-corrected chi connectivity index (χ3v) is 4.60. The van der Waals surface area contributed by atoms with Crippen molar-refractivity contribution in [2.45, 2.75) is 52.5 Å². The van der Waals surface area contributed by atoms with Crippen molar-refractivity contribution in [3.8, 4) is 0 Å². The molecular formula is C19H23N3O2. The molecule has 24 heavy (non-hydrogen) atoms. The minimum Gasteiger partial charge on any atom is -0.324 e. The summed E-state index contributed by atoms with van der Waals surface area (Å²) in [5.41, 5.74) is 3.53. The average molecular weight is 325 g/mol. The van der Waals surface area contributed by atoms with E-state index in [9.17, 15) is 9.59 Å². The molecule has 0 unspecified atom stereocenters. The van der Waals surface area contributed by atoms with Crippen LogP contribution in [0.25, 0.3) is 0 Å². The topological polar surface area (TPSA) is 64.0 Å². The molecule has 0 atom stereocenters. The van der Waals surface area contributed by atoms with Crippen LogP contribution in [-0.4, -0.2) is 15.5 Å². The normalized spacial score (nSPS) is 13.4. The zero-order valence-corrected chi connectivity index (χ0v) is 14.3. The highest BCUT2D eigenvalue weighted by molar-refractivity contribution is 5.91. The number of benzene rings is 1. The number of aryl methyl sites for hydroxylation is 3. The van der Waals surface area contributed by atoms with Crippen molar-refractivity contribution in [2.24, 2.45) is 0 Å². The van der Waals surface area contributed by atoms with Crippen LogP contribution in [0, 0.1) is 6.92 Å². The summed E-state index contributed by atoms with van der Waals surface area (Å²) in [6.07, 6.45) is 4.57. The van der Waals surface area contributed by atoms with Gasteiger partial charge < -0.3 is 5.32 Å². The largest absolute Gasteiger partial charge is 0.324 e. The smallest absolute Gasteiger partial charge is 0.257 e. The fourth-order valence-electron chi connectivity index (χ4n) is 3.28. The van der Waals surface area contributed by atoms with Crippen LogP contribution in [0.4, 0.5) is 5.69 Å². The highest BCUT2D eigenvalue weighted by atomic mass is 16.2. The summed E-state index contributed by atoms with van der Waals surface area (Å²) in [7, 11) is 0. The van der Waals surface area contributed by atoms with E-state index in [1.165, 1.54) is 4.57 Å². The fourth-order valence-corrected chi connectivity index (χ4v) is 3.28. The van der Waals surface area contributed by atoms with Crippen LogP contribution < -0.4 is 10.9 Å². The molecule has 1 aliphatic rings. The van der Waals surface area contributed by atoms with E-state index in [2.05, 4.69) is 10.3 Å². The highest BCUT2D eigenvalue weighted by Gasteiger charge is 2.19. The molecule has 0 radical (unpaired) electrons. The zero-order chi connectivity index (χ0) is 17.1. The predicted molar refractivity (Wildman–Crippen MR) is 94.3 cm³/mol. The van der Waals surface area contributed by atoms with E-state index >= 15 is 0 Å². The molecule has 5 nitrogen and oxygen atoms in total. The number of hydrogen-bond acceptors (Lipinski definition) is 3. The summed E-state index contributed by atoms with van der Waals surface area (Å²) in [6, 6.07) is 7.73. The van der Waals surface area contributed by atoms with Gasteiger partial charge in [0.15, 0.2) is 0 Å². The van der Waals surface area contributed by atoms with Gasteiger partial charge in [0.05, 0.1) is 5.69 Å². The summed E-state index contributed by atoms with van der Waals surface area (Å²) < 4.78 is 1.49. The van der Waals surface area contributed by atoms with Gasteiger partial charge in [-0.3, -0.25) is 14.2 Å². The number of hydrogen-bond donors (Lipinski definition) is 1. The minimum absolute atomic E-state index is 0.00297. The first-order chi connectivity index (χ1) is 11.6. The molecule has 1 aliphatic carbocycles.